The van der Waals surface area contributed by atoms with Gasteiger partial charge >= 0.3 is 0 Å². The molecule has 0 fully saturated rings. The van der Waals surface area contributed by atoms with Crippen LogP contribution in [0.1, 0.15) is 11.3 Å². The largest absolute Gasteiger partial charge is 0.307 e. The Balaban J connectivity index is 1.76. The van der Waals surface area contributed by atoms with Gasteiger partial charge < -0.3 is 4.40 Å². The summed E-state index contributed by atoms with van der Waals surface area (Å²) in [5.41, 5.74) is 3.33. The van der Waals surface area contributed by atoms with Crippen LogP contribution in [0.4, 0.5) is 0 Å². The first-order valence-corrected chi connectivity index (χ1v) is 7.40. The third kappa shape index (κ3) is 2.94. The minimum atomic E-state index is 0.771. The van der Waals surface area contributed by atoms with Gasteiger partial charge in [-0.1, -0.05) is 11.6 Å². The van der Waals surface area contributed by atoms with Crippen molar-refractivity contribution in [3.05, 3.63) is 65.1 Å². The molecule has 2 aromatic heterocycles. The number of imidazole rings is 1. The number of hydrogen-bond donors (Lipinski definition) is 0. The van der Waals surface area contributed by atoms with E-state index in [0.29, 0.717) is 0 Å². The van der Waals surface area contributed by atoms with E-state index in [0.717, 1.165) is 22.1 Å². The predicted molar refractivity (Wildman–Crippen MR) is 80.9 cm³/mol. The number of fused-ring (bicyclic) bond motifs is 1. The van der Waals surface area contributed by atoms with Crippen LogP contribution in [0.25, 0.3) is 5.65 Å². The Morgan fingerprint density at radius 2 is 2.00 bits per heavy atom. The average Bonchev–Trinajstić information content (AvgIpc) is 2.80. The Kier molecular flexibility index (Phi) is 3.49. The van der Waals surface area contributed by atoms with Gasteiger partial charge in [0.05, 0.1) is 5.69 Å². The number of nitrogens with zero attached hydrogens (tertiary/aromatic N) is 2. The zero-order chi connectivity index (χ0) is 13.2. The highest BCUT2D eigenvalue weighted by atomic mass is 35.5. The van der Waals surface area contributed by atoms with Crippen molar-refractivity contribution in [2.75, 3.05) is 0 Å². The van der Waals surface area contributed by atoms with E-state index in [-0.39, 0.29) is 0 Å². The van der Waals surface area contributed by atoms with Crippen LogP contribution in [0, 0.1) is 6.92 Å². The van der Waals surface area contributed by atoms with Crippen LogP contribution < -0.4 is 0 Å². The molecule has 0 bridgehead atoms. The van der Waals surface area contributed by atoms with Gasteiger partial charge in [0.25, 0.3) is 0 Å². The molecule has 0 aliphatic carbocycles. The second-order valence-corrected chi connectivity index (χ2v) is 5.93. The Morgan fingerprint density at radius 3 is 2.79 bits per heavy atom. The molecule has 0 atom stereocenters. The maximum absolute atomic E-state index is 5.87. The van der Waals surface area contributed by atoms with E-state index < -0.39 is 0 Å². The zero-order valence-electron chi connectivity index (χ0n) is 10.5. The van der Waals surface area contributed by atoms with Crippen molar-refractivity contribution in [1.29, 1.82) is 0 Å². The highest BCUT2D eigenvalue weighted by Crippen LogP contribution is 2.24. The number of hydrogen-bond acceptors (Lipinski definition) is 2. The summed E-state index contributed by atoms with van der Waals surface area (Å²) in [7, 11) is 0. The molecular formula is C15H13ClN2S. The van der Waals surface area contributed by atoms with E-state index in [4.69, 9.17) is 11.6 Å². The summed E-state index contributed by atoms with van der Waals surface area (Å²) in [6.45, 7) is 2.08. The molecule has 2 heterocycles. The maximum Gasteiger partial charge on any atom is 0.137 e. The van der Waals surface area contributed by atoms with Gasteiger partial charge in [-0.3, -0.25) is 0 Å². The number of benzene rings is 1. The lowest BCUT2D eigenvalue weighted by molar-refractivity contribution is 1.17. The number of pyridine rings is 1. The highest BCUT2D eigenvalue weighted by Gasteiger charge is 2.03. The molecule has 1 aromatic carbocycles. The van der Waals surface area contributed by atoms with E-state index in [9.17, 15) is 0 Å². The second kappa shape index (κ2) is 5.27. The van der Waals surface area contributed by atoms with Gasteiger partial charge in [0, 0.05) is 28.1 Å². The Bertz CT molecular complexity index is 704. The van der Waals surface area contributed by atoms with Crippen LogP contribution in [0.15, 0.2) is 53.7 Å². The third-order valence-electron chi connectivity index (χ3n) is 2.87. The van der Waals surface area contributed by atoms with Gasteiger partial charge in [0.1, 0.15) is 5.65 Å². The van der Waals surface area contributed by atoms with Crippen molar-refractivity contribution in [1.82, 2.24) is 9.38 Å². The van der Waals surface area contributed by atoms with Gasteiger partial charge in [0.15, 0.2) is 0 Å². The van der Waals surface area contributed by atoms with Crippen LogP contribution in [0.3, 0.4) is 0 Å². The molecule has 96 valence electrons. The predicted octanol–water partition coefficient (Wildman–Crippen LogP) is 4.59. The first kappa shape index (κ1) is 12.6. The molecule has 3 rings (SSSR count). The molecule has 0 aliphatic heterocycles. The van der Waals surface area contributed by atoms with E-state index in [1.807, 2.05) is 30.5 Å². The topological polar surface area (TPSA) is 17.3 Å². The molecule has 19 heavy (non-hydrogen) atoms. The van der Waals surface area contributed by atoms with Gasteiger partial charge in [0.2, 0.25) is 0 Å². The maximum atomic E-state index is 5.87. The summed E-state index contributed by atoms with van der Waals surface area (Å²) in [6, 6.07) is 12.1. The molecule has 3 aromatic rings. The number of thioether (sulfide) groups is 1. The van der Waals surface area contributed by atoms with Crippen molar-refractivity contribution in [2.24, 2.45) is 0 Å². The molecule has 0 amide bonds. The molecule has 0 aliphatic rings. The van der Waals surface area contributed by atoms with Crippen molar-refractivity contribution in [3.63, 3.8) is 0 Å². The van der Waals surface area contributed by atoms with Crippen LogP contribution >= 0.6 is 23.4 Å². The minimum Gasteiger partial charge on any atom is -0.307 e. The zero-order valence-corrected chi connectivity index (χ0v) is 12.1. The molecule has 0 saturated heterocycles. The molecule has 0 saturated carbocycles. The van der Waals surface area contributed by atoms with E-state index in [2.05, 4.69) is 34.6 Å². The lowest BCUT2D eigenvalue weighted by Crippen LogP contribution is -1.81. The van der Waals surface area contributed by atoms with Gasteiger partial charge in [-0.15, -0.1) is 11.8 Å². The fourth-order valence-electron chi connectivity index (χ4n) is 1.89. The molecule has 0 spiro atoms. The monoisotopic (exact) mass is 288 g/mol. The fourth-order valence-corrected chi connectivity index (χ4v) is 2.80. The normalized spacial score (nSPS) is 11.1. The van der Waals surface area contributed by atoms with Crippen LogP contribution in [0.2, 0.25) is 5.02 Å². The van der Waals surface area contributed by atoms with Crippen molar-refractivity contribution in [3.8, 4) is 0 Å². The van der Waals surface area contributed by atoms with Gasteiger partial charge in [-0.25, -0.2) is 4.98 Å². The first-order valence-electron chi connectivity index (χ1n) is 6.03. The van der Waals surface area contributed by atoms with E-state index >= 15 is 0 Å². The fraction of sp³-hybridized carbons (Fsp3) is 0.133. The average molecular weight is 289 g/mol. The van der Waals surface area contributed by atoms with Crippen molar-refractivity contribution >= 4 is 29.0 Å². The summed E-state index contributed by atoms with van der Waals surface area (Å²) in [6.07, 6.45) is 4.13. The molecule has 0 N–H and O–H groups in total. The smallest absolute Gasteiger partial charge is 0.137 e. The molecule has 0 radical (unpaired) electrons. The molecule has 0 unspecified atom stereocenters. The van der Waals surface area contributed by atoms with Gasteiger partial charge in [-0.05, 0) is 48.9 Å². The Hall–Kier alpha value is -1.45. The highest BCUT2D eigenvalue weighted by molar-refractivity contribution is 7.98. The number of halogens is 1. The Labute approximate surface area is 121 Å². The second-order valence-electron chi connectivity index (χ2n) is 4.44. The van der Waals surface area contributed by atoms with Crippen molar-refractivity contribution in [2.45, 2.75) is 17.6 Å². The standard InChI is InChI=1S/C15H13ClN2S/c1-11-6-7-18-9-13(17-15(18)8-11)10-19-14-4-2-12(16)3-5-14/h2-9H,10H2,1H3. The lowest BCUT2D eigenvalue weighted by Gasteiger charge is -1.98. The van der Waals surface area contributed by atoms with Crippen molar-refractivity contribution < 1.29 is 0 Å². The van der Waals surface area contributed by atoms with Crippen LogP contribution in [0.5, 0.6) is 0 Å². The van der Waals surface area contributed by atoms with Gasteiger partial charge in [-0.2, -0.15) is 0 Å². The molecular weight excluding hydrogens is 276 g/mol. The Morgan fingerprint density at radius 1 is 1.21 bits per heavy atom. The first-order chi connectivity index (χ1) is 9.20. The summed E-state index contributed by atoms with van der Waals surface area (Å²) >= 11 is 7.64. The number of aromatic nitrogens is 2. The summed E-state index contributed by atoms with van der Waals surface area (Å²) in [5, 5.41) is 0.771. The van der Waals surface area contributed by atoms with E-state index in [1.165, 1.54) is 10.5 Å². The lowest BCUT2D eigenvalue weighted by atomic mass is 10.3. The number of aryl methyl sites for hydroxylation is 1. The quantitative estimate of drug-likeness (QED) is 0.656. The summed E-state index contributed by atoms with van der Waals surface area (Å²) < 4.78 is 2.06. The number of rotatable bonds is 3. The summed E-state index contributed by atoms with van der Waals surface area (Å²) in [4.78, 5) is 5.83. The van der Waals surface area contributed by atoms with Crippen LogP contribution in [-0.2, 0) is 5.75 Å². The minimum absolute atomic E-state index is 0.771. The van der Waals surface area contributed by atoms with Crippen LogP contribution in [-0.4, -0.2) is 9.38 Å². The molecule has 4 heteroatoms. The van der Waals surface area contributed by atoms with E-state index in [1.54, 1.807) is 11.8 Å². The third-order valence-corrected chi connectivity index (χ3v) is 4.16. The summed E-state index contributed by atoms with van der Waals surface area (Å²) in [5.74, 6) is 0.863. The SMILES string of the molecule is Cc1ccn2cc(CSc3ccc(Cl)cc3)nc2c1. The molecule has 2 nitrogen and oxygen atoms in total.